The Balaban J connectivity index is 1.35. The van der Waals surface area contributed by atoms with Crippen molar-refractivity contribution in [1.29, 1.82) is 0 Å². The Labute approximate surface area is 239 Å². The number of aryl methyl sites for hydroxylation is 1. The molecule has 0 spiro atoms. The van der Waals surface area contributed by atoms with Crippen LogP contribution in [0.4, 0.5) is 5.82 Å². The SMILES string of the molecule is Cc1ccccc1C(=O)NCc1ccc(-c2nn(C3CCCN(C(=O)/C=C/CN(C)C)C3)c3ncnc(N)c23)cc1. The molecule has 0 saturated carbocycles. The minimum absolute atomic E-state index is 0.00693. The number of aromatic nitrogens is 4. The molecule has 0 radical (unpaired) electrons. The normalized spacial score (nSPS) is 15.6. The van der Waals surface area contributed by atoms with Gasteiger partial charge in [-0.2, -0.15) is 5.10 Å². The Morgan fingerprint density at radius 2 is 1.90 bits per heavy atom. The van der Waals surface area contributed by atoms with E-state index in [1.165, 1.54) is 6.33 Å². The maximum Gasteiger partial charge on any atom is 0.251 e. The smallest absolute Gasteiger partial charge is 0.251 e. The summed E-state index contributed by atoms with van der Waals surface area (Å²) < 4.78 is 1.90. The number of nitrogens with zero attached hydrogens (tertiary/aromatic N) is 6. The van der Waals surface area contributed by atoms with Crippen molar-refractivity contribution in [3.05, 3.63) is 83.7 Å². The third-order valence-electron chi connectivity index (χ3n) is 7.37. The van der Waals surface area contributed by atoms with Gasteiger partial charge in [0.15, 0.2) is 5.65 Å². The van der Waals surface area contributed by atoms with E-state index in [4.69, 9.17) is 10.8 Å². The number of likely N-dealkylation sites (N-methyl/N-ethyl adjacent to an activating group) is 1. The average molecular weight is 553 g/mol. The van der Waals surface area contributed by atoms with Crippen LogP contribution in [0.25, 0.3) is 22.3 Å². The molecule has 1 aliphatic heterocycles. The lowest BCUT2D eigenvalue weighted by molar-refractivity contribution is -0.127. The molecule has 1 unspecified atom stereocenters. The second kappa shape index (κ2) is 12.3. The van der Waals surface area contributed by atoms with Gasteiger partial charge in [-0.1, -0.05) is 48.5 Å². The lowest BCUT2D eigenvalue weighted by atomic mass is 10.1. The van der Waals surface area contributed by atoms with E-state index in [0.717, 1.165) is 29.5 Å². The number of hydrogen-bond acceptors (Lipinski definition) is 7. The summed E-state index contributed by atoms with van der Waals surface area (Å²) in [6.07, 6.45) is 6.75. The molecule has 2 aromatic heterocycles. The van der Waals surface area contributed by atoms with Crippen molar-refractivity contribution >= 4 is 28.7 Å². The third-order valence-corrected chi connectivity index (χ3v) is 7.37. The average Bonchev–Trinajstić information content (AvgIpc) is 3.37. The molecule has 2 amide bonds. The Kier molecular flexibility index (Phi) is 8.39. The molecular formula is C31H36N8O2. The summed E-state index contributed by atoms with van der Waals surface area (Å²) in [6, 6.07) is 15.4. The van der Waals surface area contributed by atoms with Gasteiger partial charge >= 0.3 is 0 Å². The van der Waals surface area contributed by atoms with E-state index in [-0.39, 0.29) is 17.9 Å². The second-order valence-electron chi connectivity index (χ2n) is 10.7. The number of hydrogen-bond donors (Lipinski definition) is 2. The van der Waals surface area contributed by atoms with Crippen molar-refractivity contribution in [1.82, 2.24) is 34.9 Å². The van der Waals surface area contributed by atoms with E-state index in [2.05, 4.69) is 15.3 Å². The first-order valence-corrected chi connectivity index (χ1v) is 13.8. The number of carbonyl (C=O) groups excluding carboxylic acids is 2. The number of rotatable bonds is 8. The van der Waals surface area contributed by atoms with Gasteiger partial charge in [-0.05, 0) is 51.1 Å². The molecule has 212 valence electrons. The summed E-state index contributed by atoms with van der Waals surface area (Å²) in [7, 11) is 3.94. The van der Waals surface area contributed by atoms with Crippen LogP contribution in [0.1, 0.15) is 40.4 Å². The van der Waals surface area contributed by atoms with Gasteiger partial charge in [-0.25, -0.2) is 14.6 Å². The van der Waals surface area contributed by atoms with Crippen molar-refractivity contribution in [3.63, 3.8) is 0 Å². The summed E-state index contributed by atoms with van der Waals surface area (Å²) in [4.78, 5) is 38.1. The molecule has 4 aromatic rings. The fraction of sp³-hybridized carbons (Fsp3) is 0.323. The fourth-order valence-electron chi connectivity index (χ4n) is 5.16. The highest BCUT2D eigenvalue weighted by atomic mass is 16.2. The highest BCUT2D eigenvalue weighted by Crippen LogP contribution is 2.34. The Morgan fingerprint density at radius 3 is 2.66 bits per heavy atom. The molecule has 41 heavy (non-hydrogen) atoms. The maximum atomic E-state index is 12.8. The van der Waals surface area contributed by atoms with Crippen LogP contribution in [-0.2, 0) is 11.3 Å². The zero-order valence-corrected chi connectivity index (χ0v) is 23.7. The Bertz CT molecular complexity index is 1580. The summed E-state index contributed by atoms with van der Waals surface area (Å²) in [5, 5.41) is 8.67. The molecule has 1 saturated heterocycles. The minimum atomic E-state index is -0.102. The van der Waals surface area contributed by atoms with Crippen LogP contribution in [0.2, 0.25) is 0 Å². The van der Waals surface area contributed by atoms with Gasteiger partial charge in [0.2, 0.25) is 5.91 Å². The zero-order chi connectivity index (χ0) is 28.9. The molecule has 10 heteroatoms. The van der Waals surface area contributed by atoms with Crippen molar-refractivity contribution < 1.29 is 9.59 Å². The van der Waals surface area contributed by atoms with Crippen molar-refractivity contribution in [3.8, 4) is 11.3 Å². The third kappa shape index (κ3) is 6.28. The number of piperidine rings is 1. The summed E-state index contributed by atoms with van der Waals surface area (Å²) in [5.74, 6) is 0.267. The monoisotopic (exact) mass is 552 g/mol. The van der Waals surface area contributed by atoms with Gasteiger partial charge in [0.05, 0.1) is 11.4 Å². The highest BCUT2D eigenvalue weighted by Gasteiger charge is 2.28. The van der Waals surface area contributed by atoms with Crippen molar-refractivity contribution in [2.24, 2.45) is 0 Å². The molecule has 0 bridgehead atoms. The van der Waals surface area contributed by atoms with Crippen LogP contribution in [0.3, 0.4) is 0 Å². The number of carbonyl (C=O) groups is 2. The minimum Gasteiger partial charge on any atom is -0.383 e. The van der Waals surface area contributed by atoms with Crippen molar-refractivity contribution in [2.75, 3.05) is 39.5 Å². The zero-order valence-electron chi connectivity index (χ0n) is 23.7. The summed E-state index contributed by atoms with van der Waals surface area (Å²) >= 11 is 0. The molecule has 10 nitrogen and oxygen atoms in total. The molecule has 1 fully saturated rings. The van der Waals surface area contributed by atoms with Crippen molar-refractivity contribution in [2.45, 2.75) is 32.4 Å². The molecule has 5 rings (SSSR count). The molecule has 1 atom stereocenters. The Morgan fingerprint density at radius 1 is 1.12 bits per heavy atom. The topological polar surface area (TPSA) is 122 Å². The van der Waals surface area contributed by atoms with Crippen LogP contribution in [-0.4, -0.2) is 75.1 Å². The lowest BCUT2D eigenvalue weighted by Gasteiger charge is -2.32. The predicted molar refractivity (Wildman–Crippen MR) is 160 cm³/mol. The molecule has 2 aromatic carbocycles. The largest absolute Gasteiger partial charge is 0.383 e. The van der Waals surface area contributed by atoms with Gasteiger partial charge in [0, 0.05) is 43.4 Å². The number of likely N-dealkylation sites (tertiary alicyclic amines) is 1. The number of anilines is 1. The number of amides is 2. The van der Waals surface area contributed by atoms with E-state index < -0.39 is 0 Å². The second-order valence-corrected chi connectivity index (χ2v) is 10.7. The van der Waals surface area contributed by atoms with Crippen LogP contribution in [0.15, 0.2) is 67.0 Å². The van der Waals surface area contributed by atoms with Gasteiger partial charge in [0.1, 0.15) is 17.8 Å². The number of nitrogens with one attached hydrogen (secondary N) is 1. The van der Waals surface area contributed by atoms with E-state index >= 15 is 0 Å². The number of fused-ring (bicyclic) bond motifs is 1. The molecular weight excluding hydrogens is 516 g/mol. The first kappa shape index (κ1) is 28.0. The van der Waals surface area contributed by atoms with Gasteiger partial charge in [-0.3, -0.25) is 9.59 Å². The number of nitrogen functional groups attached to an aromatic ring is 1. The van der Waals surface area contributed by atoms with Gasteiger partial charge < -0.3 is 20.9 Å². The van der Waals surface area contributed by atoms with Crippen LogP contribution in [0, 0.1) is 6.92 Å². The quantitative estimate of drug-likeness (QED) is 0.320. The summed E-state index contributed by atoms with van der Waals surface area (Å²) in [5.41, 5.74) is 11.1. The van der Waals surface area contributed by atoms with Gasteiger partial charge in [0.25, 0.3) is 5.91 Å². The Hall–Kier alpha value is -4.57. The molecule has 3 heterocycles. The number of nitrogens with two attached hydrogens (primary N) is 1. The van der Waals surface area contributed by atoms with Crippen LogP contribution >= 0.6 is 0 Å². The predicted octanol–water partition coefficient (Wildman–Crippen LogP) is 3.60. The summed E-state index contributed by atoms with van der Waals surface area (Å²) in [6.45, 7) is 4.30. The van der Waals surface area contributed by atoms with E-state index in [1.54, 1.807) is 6.08 Å². The van der Waals surface area contributed by atoms with E-state index in [1.807, 2.05) is 90.1 Å². The first-order valence-electron chi connectivity index (χ1n) is 13.8. The maximum absolute atomic E-state index is 12.8. The molecule has 3 N–H and O–H groups in total. The van der Waals surface area contributed by atoms with E-state index in [9.17, 15) is 9.59 Å². The fourth-order valence-corrected chi connectivity index (χ4v) is 5.16. The van der Waals surface area contributed by atoms with Gasteiger partial charge in [-0.15, -0.1) is 0 Å². The van der Waals surface area contributed by atoms with Crippen LogP contribution in [0.5, 0.6) is 0 Å². The lowest BCUT2D eigenvalue weighted by Crippen LogP contribution is -2.40. The highest BCUT2D eigenvalue weighted by molar-refractivity contribution is 5.98. The number of benzene rings is 2. The van der Waals surface area contributed by atoms with E-state index in [0.29, 0.717) is 54.3 Å². The molecule has 0 aliphatic carbocycles. The van der Waals surface area contributed by atoms with Crippen LogP contribution < -0.4 is 11.1 Å². The molecule has 1 aliphatic rings. The standard InChI is InChI=1S/C31H36N8O2/c1-21-8-4-5-10-25(21)31(41)33-18-22-12-14-23(15-13-22)28-27-29(32)34-20-35-30(27)39(36-28)24-9-6-17-38(19-24)26(40)11-7-16-37(2)3/h4-5,7-8,10-15,20,24H,6,9,16-19H2,1-3H3,(H,33,41)(H2,32,34,35)/b11-7+. The first-order chi connectivity index (χ1) is 19.8.